The van der Waals surface area contributed by atoms with E-state index in [1.165, 1.54) is 29.6 Å². The smallest absolute Gasteiger partial charge is 0.0515 e. The fourth-order valence-corrected chi connectivity index (χ4v) is 2.52. The van der Waals surface area contributed by atoms with Crippen LogP contribution in [0, 0.1) is 5.41 Å². The van der Waals surface area contributed by atoms with Crippen LogP contribution in [-0.2, 0) is 0 Å². The second-order valence-corrected chi connectivity index (χ2v) is 5.26. The topological polar surface area (TPSA) is 20.2 Å². The third-order valence-electron chi connectivity index (χ3n) is 3.94. The molecule has 1 N–H and O–H groups in total. The molecular weight excluding hydrogens is 184 g/mol. The molecule has 0 aliphatic heterocycles. The van der Waals surface area contributed by atoms with Gasteiger partial charge in [0.25, 0.3) is 0 Å². The van der Waals surface area contributed by atoms with Gasteiger partial charge in [-0.1, -0.05) is 30.2 Å². The zero-order chi connectivity index (χ0) is 11.6. The van der Waals surface area contributed by atoms with Crippen molar-refractivity contribution in [3.05, 3.63) is 23.3 Å². The molecule has 0 bridgehead atoms. The van der Waals surface area contributed by atoms with Gasteiger partial charge in [-0.25, -0.2) is 0 Å². The van der Waals surface area contributed by atoms with E-state index in [1.807, 2.05) is 6.92 Å². The van der Waals surface area contributed by atoms with E-state index >= 15 is 0 Å². The summed E-state index contributed by atoms with van der Waals surface area (Å²) in [5.41, 5.74) is 4.50. The summed E-state index contributed by atoms with van der Waals surface area (Å²) in [6.07, 6.45) is 4.09. The van der Waals surface area contributed by atoms with Crippen LogP contribution in [0.25, 0.3) is 0 Å². The average Bonchev–Trinajstić information content (AvgIpc) is 2.41. The van der Waals surface area contributed by atoms with Gasteiger partial charge in [0, 0.05) is 5.41 Å². The molecule has 0 heterocycles. The Bertz CT molecular complexity index is 286. The Labute approximate surface area is 93.9 Å². The molecule has 0 saturated heterocycles. The van der Waals surface area contributed by atoms with Crippen molar-refractivity contribution < 1.29 is 5.11 Å². The Hall–Kier alpha value is -0.560. The first kappa shape index (κ1) is 12.5. The molecule has 0 unspecified atom stereocenters. The van der Waals surface area contributed by atoms with E-state index in [2.05, 4.69) is 27.4 Å². The lowest BCUT2D eigenvalue weighted by Gasteiger charge is -2.29. The van der Waals surface area contributed by atoms with Crippen LogP contribution in [0.5, 0.6) is 0 Å². The minimum absolute atomic E-state index is 0.193. The SMILES string of the molecule is C=C(C)[C@]1(C)CCC(C)=C1CC[C@@H](C)O. The highest BCUT2D eigenvalue weighted by molar-refractivity contribution is 5.34. The lowest BCUT2D eigenvalue weighted by Crippen LogP contribution is -2.18. The van der Waals surface area contributed by atoms with Crippen LogP contribution < -0.4 is 0 Å². The highest BCUT2D eigenvalue weighted by Gasteiger charge is 2.35. The highest BCUT2D eigenvalue weighted by Crippen LogP contribution is 2.49. The summed E-state index contributed by atoms with van der Waals surface area (Å²) in [4.78, 5) is 0. The summed E-state index contributed by atoms with van der Waals surface area (Å²) < 4.78 is 0. The maximum absolute atomic E-state index is 9.36. The molecule has 86 valence electrons. The van der Waals surface area contributed by atoms with E-state index in [0.717, 1.165) is 12.8 Å². The molecule has 1 aliphatic rings. The van der Waals surface area contributed by atoms with Crippen molar-refractivity contribution in [3.8, 4) is 0 Å². The second kappa shape index (κ2) is 4.52. The van der Waals surface area contributed by atoms with Crippen molar-refractivity contribution in [2.75, 3.05) is 0 Å². The Morgan fingerprint density at radius 1 is 1.60 bits per heavy atom. The number of aliphatic hydroxyl groups excluding tert-OH is 1. The molecule has 1 nitrogen and oxygen atoms in total. The minimum Gasteiger partial charge on any atom is -0.393 e. The van der Waals surface area contributed by atoms with Crippen LogP contribution in [0.15, 0.2) is 23.3 Å². The van der Waals surface area contributed by atoms with Gasteiger partial charge >= 0.3 is 0 Å². The number of allylic oxidation sites excluding steroid dienone is 3. The lowest BCUT2D eigenvalue weighted by atomic mass is 9.75. The number of rotatable bonds is 4. The van der Waals surface area contributed by atoms with Crippen LogP contribution in [0.4, 0.5) is 0 Å². The minimum atomic E-state index is -0.194. The van der Waals surface area contributed by atoms with E-state index < -0.39 is 0 Å². The zero-order valence-corrected chi connectivity index (χ0v) is 10.6. The summed E-state index contributed by atoms with van der Waals surface area (Å²) in [6, 6.07) is 0. The summed E-state index contributed by atoms with van der Waals surface area (Å²) in [5, 5.41) is 9.36. The maximum Gasteiger partial charge on any atom is 0.0515 e. The van der Waals surface area contributed by atoms with Crippen LogP contribution in [0.1, 0.15) is 53.4 Å². The molecule has 15 heavy (non-hydrogen) atoms. The molecular formula is C14H24O. The highest BCUT2D eigenvalue weighted by atomic mass is 16.3. The molecule has 0 amide bonds. The number of hydrogen-bond acceptors (Lipinski definition) is 1. The molecule has 0 aromatic heterocycles. The quantitative estimate of drug-likeness (QED) is 0.696. The first-order chi connectivity index (χ1) is 6.88. The fourth-order valence-electron chi connectivity index (χ4n) is 2.52. The van der Waals surface area contributed by atoms with Crippen molar-refractivity contribution in [1.82, 2.24) is 0 Å². The van der Waals surface area contributed by atoms with Gasteiger partial charge in [0.05, 0.1) is 6.10 Å². The lowest BCUT2D eigenvalue weighted by molar-refractivity contribution is 0.183. The summed E-state index contributed by atoms with van der Waals surface area (Å²) in [6.45, 7) is 12.6. The normalized spacial score (nSPS) is 28.3. The zero-order valence-electron chi connectivity index (χ0n) is 10.6. The fraction of sp³-hybridized carbons (Fsp3) is 0.714. The van der Waals surface area contributed by atoms with E-state index in [1.54, 1.807) is 0 Å². The van der Waals surface area contributed by atoms with Crippen LogP contribution in [-0.4, -0.2) is 11.2 Å². The van der Waals surface area contributed by atoms with Gasteiger partial charge in [-0.05, 0) is 46.5 Å². The van der Waals surface area contributed by atoms with Crippen molar-refractivity contribution in [2.24, 2.45) is 5.41 Å². The molecule has 0 aromatic carbocycles. The predicted molar refractivity (Wildman–Crippen MR) is 65.8 cm³/mol. The van der Waals surface area contributed by atoms with E-state index in [4.69, 9.17) is 0 Å². The third-order valence-corrected chi connectivity index (χ3v) is 3.94. The Morgan fingerprint density at radius 2 is 2.20 bits per heavy atom. The molecule has 0 spiro atoms. The van der Waals surface area contributed by atoms with Crippen molar-refractivity contribution in [1.29, 1.82) is 0 Å². The average molecular weight is 208 g/mol. The molecule has 0 radical (unpaired) electrons. The first-order valence-electron chi connectivity index (χ1n) is 5.91. The molecule has 1 rings (SSSR count). The third kappa shape index (κ3) is 2.52. The van der Waals surface area contributed by atoms with Crippen molar-refractivity contribution >= 4 is 0 Å². The molecule has 0 saturated carbocycles. The second-order valence-electron chi connectivity index (χ2n) is 5.26. The summed E-state index contributed by atoms with van der Waals surface area (Å²) >= 11 is 0. The standard InChI is InChI=1S/C14H24O/c1-10(2)14(5)9-8-11(3)13(14)7-6-12(4)15/h12,15H,1,6-9H2,2-5H3/t12-,14+/m1/s1. The van der Waals surface area contributed by atoms with E-state index in [-0.39, 0.29) is 11.5 Å². The first-order valence-corrected chi connectivity index (χ1v) is 5.91. The molecule has 0 aromatic rings. The van der Waals surface area contributed by atoms with Crippen molar-refractivity contribution in [3.63, 3.8) is 0 Å². The number of aliphatic hydroxyl groups is 1. The Kier molecular flexibility index (Phi) is 3.77. The summed E-state index contributed by atoms with van der Waals surface area (Å²) in [7, 11) is 0. The van der Waals surface area contributed by atoms with Crippen LogP contribution >= 0.6 is 0 Å². The Morgan fingerprint density at radius 3 is 2.67 bits per heavy atom. The van der Waals surface area contributed by atoms with Gasteiger partial charge in [-0.15, -0.1) is 0 Å². The van der Waals surface area contributed by atoms with Gasteiger partial charge in [0.1, 0.15) is 0 Å². The number of hydrogen-bond donors (Lipinski definition) is 1. The molecule has 1 aliphatic carbocycles. The largest absolute Gasteiger partial charge is 0.393 e. The van der Waals surface area contributed by atoms with Crippen molar-refractivity contribution in [2.45, 2.75) is 59.5 Å². The maximum atomic E-state index is 9.36. The van der Waals surface area contributed by atoms with Gasteiger partial charge in [-0.2, -0.15) is 0 Å². The van der Waals surface area contributed by atoms with Gasteiger partial charge < -0.3 is 5.11 Å². The van der Waals surface area contributed by atoms with E-state index in [9.17, 15) is 5.11 Å². The monoisotopic (exact) mass is 208 g/mol. The van der Waals surface area contributed by atoms with Gasteiger partial charge in [-0.3, -0.25) is 0 Å². The molecule has 2 atom stereocenters. The Balaban J connectivity index is 2.81. The van der Waals surface area contributed by atoms with Gasteiger partial charge in [0.2, 0.25) is 0 Å². The van der Waals surface area contributed by atoms with E-state index in [0.29, 0.717) is 0 Å². The van der Waals surface area contributed by atoms with Crippen LogP contribution in [0.3, 0.4) is 0 Å². The predicted octanol–water partition coefficient (Wildman–Crippen LogP) is 3.84. The molecule has 1 heteroatoms. The van der Waals surface area contributed by atoms with Crippen LogP contribution in [0.2, 0.25) is 0 Å². The summed E-state index contributed by atoms with van der Waals surface area (Å²) in [5.74, 6) is 0. The van der Waals surface area contributed by atoms with Gasteiger partial charge in [0.15, 0.2) is 0 Å². The molecule has 0 fully saturated rings.